The SMILES string of the molecule is O=C(CC12CC3CC(CC(C3)C1)C2)NCC1CCC(Br)C1. The summed E-state index contributed by atoms with van der Waals surface area (Å²) in [6.07, 6.45) is 13.0. The topological polar surface area (TPSA) is 29.1 Å². The van der Waals surface area contributed by atoms with E-state index in [-0.39, 0.29) is 0 Å². The van der Waals surface area contributed by atoms with Crippen molar-refractivity contribution in [1.29, 1.82) is 0 Å². The van der Waals surface area contributed by atoms with Crippen molar-refractivity contribution in [3.05, 3.63) is 0 Å². The maximum Gasteiger partial charge on any atom is 0.220 e. The van der Waals surface area contributed by atoms with Crippen LogP contribution in [-0.4, -0.2) is 17.3 Å². The highest BCUT2D eigenvalue weighted by molar-refractivity contribution is 9.09. The van der Waals surface area contributed by atoms with Gasteiger partial charge in [-0.05, 0) is 86.9 Å². The van der Waals surface area contributed by atoms with E-state index >= 15 is 0 Å². The molecule has 3 heteroatoms. The molecule has 0 aromatic heterocycles. The van der Waals surface area contributed by atoms with Crippen molar-refractivity contribution >= 4 is 21.8 Å². The number of amides is 1. The normalized spacial score (nSPS) is 47.8. The van der Waals surface area contributed by atoms with Gasteiger partial charge >= 0.3 is 0 Å². The fourth-order valence-corrected chi connectivity index (χ4v) is 7.16. The summed E-state index contributed by atoms with van der Waals surface area (Å²) in [4.78, 5) is 13.1. The fraction of sp³-hybridized carbons (Fsp3) is 0.944. The van der Waals surface area contributed by atoms with Crippen molar-refractivity contribution < 1.29 is 4.79 Å². The third-order valence-electron chi connectivity index (χ3n) is 6.77. The summed E-state index contributed by atoms with van der Waals surface area (Å²) in [5.74, 6) is 3.90. The van der Waals surface area contributed by atoms with E-state index in [9.17, 15) is 4.79 Å². The Labute approximate surface area is 136 Å². The van der Waals surface area contributed by atoms with Crippen molar-refractivity contribution in [3.8, 4) is 0 Å². The first-order valence-electron chi connectivity index (χ1n) is 9.01. The molecule has 0 radical (unpaired) electrons. The van der Waals surface area contributed by atoms with Gasteiger partial charge in [0.1, 0.15) is 0 Å². The van der Waals surface area contributed by atoms with Gasteiger partial charge in [0, 0.05) is 17.8 Å². The van der Waals surface area contributed by atoms with Crippen LogP contribution in [0.5, 0.6) is 0 Å². The van der Waals surface area contributed by atoms with Crippen LogP contribution < -0.4 is 5.32 Å². The lowest BCUT2D eigenvalue weighted by molar-refractivity contribution is -0.129. The molecule has 2 unspecified atom stereocenters. The number of carbonyl (C=O) groups excluding carboxylic acids is 1. The van der Waals surface area contributed by atoms with Crippen LogP contribution in [0, 0.1) is 29.1 Å². The Hall–Kier alpha value is -0.0500. The summed E-state index contributed by atoms with van der Waals surface area (Å²) in [6, 6.07) is 0. The first kappa shape index (κ1) is 14.5. The molecule has 0 heterocycles. The Morgan fingerprint density at radius 2 is 1.62 bits per heavy atom. The van der Waals surface area contributed by atoms with Crippen molar-refractivity contribution in [2.45, 2.75) is 69.0 Å². The van der Waals surface area contributed by atoms with Crippen molar-refractivity contribution in [1.82, 2.24) is 5.32 Å². The summed E-state index contributed by atoms with van der Waals surface area (Å²) < 4.78 is 0. The third kappa shape index (κ3) is 3.04. The maximum absolute atomic E-state index is 12.4. The van der Waals surface area contributed by atoms with Crippen LogP contribution in [-0.2, 0) is 4.79 Å². The van der Waals surface area contributed by atoms with Crippen molar-refractivity contribution in [3.63, 3.8) is 0 Å². The lowest BCUT2D eigenvalue weighted by Crippen LogP contribution is -2.48. The second-order valence-electron chi connectivity index (χ2n) is 8.67. The molecule has 21 heavy (non-hydrogen) atoms. The molecule has 1 N–H and O–H groups in total. The highest BCUT2D eigenvalue weighted by Gasteiger charge is 2.51. The minimum absolute atomic E-state index is 0.343. The van der Waals surface area contributed by atoms with Crippen LogP contribution in [0.15, 0.2) is 0 Å². The zero-order valence-electron chi connectivity index (χ0n) is 13.0. The smallest absolute Gasteiger partial charge is 0.220 e. The molecule has 0 saturated heterocycles. The zero-order chi connectivity index (χ0) is 14.4. The van der Waals surface area contributed by atoms with E-state index in [1.807, 2.05) is 0 Å². The van der Waals surface area contributed by atoms with E-state index in [0.29, 0.717) is 22.1 Å². The van der Waals surface area contributed by atoms with Gasteiger partial charge in [0.25, 0.3) is 0 Å². The van der Waals surface area contributed by atoms with Gasteiger partial charge in [-0.15, -0.1) is 0 Å². The zero-order valence-corrected chi connectivity index (χ0v) is 14.5. The average molecular weight is 354 g/mol. The third-order valence-corrected chi connectivity index (χ3v) is 7.60. The molecule has 5 aliphatic rings. The van der Waals surface area contributed by atoms with E-state index < -0.39 is 0 Å². The molecular weight excluding hydrogens is 326 g/mol. The fourth-order valence-electron chi connectivity index (χ4n) is 6.37. The standard InChI is InChI=1S/C18H28BrNO/c19-16-2-1-12(6-16)11-20-17(21)10-18-7-13-3-14(8-18)5-15(4-13)9-18/h12-16H,1-11H2,(H,20,21). The Kier molecular flexibility index (Phi) is 3.84. The van der Waals surface area contributed by atoms with E-state index in [0.717, 1.165) is 30.7 Å². The van der Waals surface area contributed by atoms with Gasteiger partial charge in [-0.3, -0.25) is 4.79 Å². The Morgan fingerprint density at radius 3 is 2.14 bits per heavy atom. The second kappa shape index (κ2) is 5.54. The van der Waals surface area contributed by atoms with Crippen LogP contribution in [0.25, 0.3) is 0 Å². The molecule has 1 amide bonds. The number of carbonyl (C=O) groups is 1. The molecule has 0 aromatic rings. The van der Waals surface area contributed by atoms with E-state index in [2.05, 4.69) is 21.2 Å². The maximum atomic E-state index is 12.4. The van der Waals surface area contributed by atoms with Gasteiger partial charge in [-0.25, -0.2) is 0 Å². The van der Waals surface area contributed by atoms with Crippen molar-refractivity contribution in [2.75, 3.05) is 6.54 Å². The van der Waals surface area contributed by atoms with Gasteiger partial charge in [0.2, 0.25) is 5.91 Å². The molecule has 5 fully saturated rings. The van der Waals surface area contributed by atoms with Gasteiger partial charge in [0.05, 0.1) is 0 Å². The number of hydrogen-bond acceptors (Lipinski definition) is 1. The first-order valence-corrected chi connectivity index (χ1v) is 9.92. The van der Waals surface area contributed by atoms with Crippen LogP contribution in [0.2, 0.25) is 0 Å². The number of hydrogen-bond donors (Lipinski definition) is 1. The predicted molar refractivity (Wildman–Crippen MR) is 88.3 cm³/mol. The molecule has 5 saturated carbocycles. The molecule has 0 aliphatic heterocycles. The van der Waals surface area contributed by atoms with E-state index in [1.165, 1.54) is 57.8 Å². The number of halogens is 1. The molecule has 5 rings (SSSR count). The van der Waals surface area contributed by atoms with Crippen LogP contribution >= 0.6 is 15.9 Å². The molecule has 0 aromatic carbocycles. The number of nitrogens with one attached hydrogen (secondary N) is 1. The molecule has 5 aliphatic carbocycles. The quantitative estimate of drug-likeness (QED) is 0.751. The summed E-state index contributed by atoms with van der Waals surface area (Å²) in [5.41, 5.74) is 0.395. The summed E-state index contributed by atoms with van der Waals surface area (Å²) in [7, 11) is 0. The lowest BCUT2D eigenvalue weighted by atomic mass is 9.49. The monoisotopic (exact) mass is 353 g/mol. The Morgan fingerprint density at radius 1 is 1.00 bits per heavy atom. The van der Waals surface area contributed by atoms with E-state index in [4.69, 9.17) is 0 Å². The van der Waals surface area contributed by atoms with Crippen LogP contribution in [0.1, 0.15) is 64.2 Å². The van der Waals surface area contributed by atoms with Gasteiger partial charge in [-0.2, -0.15) is 0 Å². The van der Waals surface area contributed by atoms with Crippen molar-refractivity contribution in [2.24, 2.45) is 29.1 Å². The molecule has 0 spiro atoms. The van der Waals surface area contributed by atoms with Gasteiger partial charge < -0.3 is 5.32 Å². The van der Waals surface area contributed by atoms with E-state index in [1.54, 1.807) is 0 Å². The Bertz CT molecular complexity index is 386. The van der Waals surface area contributed by atoms with Gasteiger partial charge in [-0.1, -0.05) is 15.9 Å². The largest absolute Gasteiger partial charge is 0.356 e. The molecule has 118 valence electrons. The average Bonchev–Trinajstić information content (AvgIpc) is 2.80. The molecule has 2 nitrogen and oxygen atoms in total. The lowest BCUT2D eigenvalue weighted by Gasteiger charge is -2.56. The summed E-state index contributed by atoms with van der Waals surface area (Å²) >= 11 is 3.70. The first-order chi connectivity index (χ1) is 10.1. The van der Waals surface area contributed by atoms with Crippen LogP contribution in [0.3, 0.4) is 0 Å². The second-order valence-corrected chi connectivity index (χ2v) is 9.97. The molecule has 2 atom stereocenters. The highest BCUT2D eigenvalue weighted by Crippen LogP contribution is 2.61. The molecule has 4 bridgehead atoms. The molecular formula is C18H28BrNO. The summed E-state index contributed by atoms with van der Waals surface area (Å²) in [5, 5.41) is 3.26. The van der Waals surface area contributed by atoms with Gasteiger partial charge in [0.15, 0.2) is 0 Å². The minimum Gasteiger partial charge on any atom is -0.356 e. The predicted octanol–water partition coefficient (Wildman–Crippen LogP) is 4.27. The Balaban J connectivity index is 1.30. The summed E-state index contributed by atoms with van der Waals surface area (Å²) in [6.45, 7) is 0.910. The van der Waals surface area contributed by atoms with Crippen LogP contribution in [0.4, 0.5) is 0 Å². The number of rotatable bonds is 4. The highest BCUT2D eigenvalue weighted by atomic mass is 79.9. The minimum atomic E-state index is 0.343. The number of alkyl halides is 1.